The summed E-state index contributed by atoms with van der Waals surface area (Å²) in [5.41, 5.74) is 5.24. The maximum absolute atomic E-state index is 8.68. The first kappa shape index (κ1) is 9.27. The molecule has 0 fully saturated rings. The molecule has 0 amide bonds. The molecule has 0 aromatic rings. The van der Waals surface area contributed by atoms with E-state index in [9.17, 15) is 0 Å². The van der Waals surface area contributed by atoms with Crippen molar-refractivity contribution in [1.29, 1.82) is 0 Å². The van der Waals surface area contributed by atoms with E-state index in [1.54, 1.807) is 6.92 Å². The highest BCUT2D eigenvalue weighted by Crippen LogP contribution is 2.47. The molecule has 9 heavy (non-hydrogen) atoms. The van der Waals surface area contributed by atoms with E-state index >= 15 is 0 Å². The molecule has 56 valence electrons. The topological polar surface area (TPSA) is 75.7 Å². The molecular weight excluding hydrogens is 141 g/mol. The van der Waals surface area contributed by atoms with Crippen molar-refractivity contribution < 1.29 is 14.3 Å². The van der Waals surface area contributed by atoms with E-state index in [1.807, 2.05) is 0 Å². The molecule has 0 aromatic carbocycles. The van der Waals surface area contributed by atoms with Gasteiger partial charge in [-0.05, 0) is 6.42 Å². The average molecular weight is 154 g/mol. The van der Waals surface area contributed by atoms with Gasteiger partial charge in [0.2, 0.25) is 0 Å². The van der Waals surface area contributed by atoms with Crippen LogP contribution >= 0.6 is 7.94 Å². The average Bonchev–Trinajstić information content (AvgIpc) is 1.62. The minimum atomic E-state index is -3.11. The van der Waals surface area contributed by atoms with Crippen LogP contribution in [0, 0.1) is 0 Å². The molecule has 1 unspecified atom stereocenters. The van der Waals surface area contributed by atoms with Gasteiger partial charge in [0.15, 0.2) is 6.23 Å². The van der Waals surface area contributed by atoms with Gasteiger partial charge in [0.1, 0.15) is 6.66 Å². The highest BCUT2D eigenvalue weighted by atomic mass is 31.2. The summed E-state index contributed by atoms with van der Waals surface area (Å²) in [6, 6.07) is 0. The SMILES string of the molecule is CCC(N)O[P+](C)(O)O. The molecule has 0 bridgehead atoms. The van der Waals surface area contributed by atoms with E-state index in [0.717, 1.165) is 0 Å². The Bertz CT molecular complexity index is 82.4. The first-order valence-electron chi connectivity index (χ1n) is 2.71. The molecule has 0 spiro atoms. The maximum Gasteiger partial charge on any atom is 0.404 e. The Balaban J connectivity index is 3.47. The van der Waals surface area contributed by atoms with Gasteiger partial charge >= 0.3 is 7.94 Å². The van der Waals surface area contributed by atoms with Crippen LogP contribution in [-0.4, -0.2) is 22.7 Å². The predicted octanol–water partition coefficient (Wildman–Crippen LogP) is 0.0748. The third kappa shape index (κ3) is 6.15. The van der Waals surface area contributed by atoms with E-state index < -0.39 is 14.2 Å². The Hall–Kier alpha value is 0.270. The first-order chi connectivity index (χ1) is 3.95. The molecule has 0 saturated carbocycles. The summed E-state index contributed by atoms with van der Waals surface area (Å²) in [6.45, 7) is 3.03. The van der Waals surface area contributed by atoms with E-state index in [4.69, 9.17) is 15.5 Å². The lowest BCUT2D eigenvalue weighted by Crippen LogP contribution is -2.22. The largest absolute Gasteiger partial charge is 0.404 e. The van der Waals surface area contributed by atoms with Crippen LogP contribution in [-0.2, 0) is 4.52 Å². The lowest BCUT2D eigenvalue weighted by Gasteiger charge is -2.09. The Morgan fingerprint density at radius 3 is 2.22 bits per heavy atom. The zero-order valence-electron chi connectivity index (χ0n) is 5.61. The van der Waals surface area contributed by atoms with Crippen LogP contribution in [0.3, 0.4) is 0 Å². The highest BCUT2D eigenvalue weighted by molar-refractivity contribution is 7.58. The standard InChI is InChI=1S/C4H13NO3P/c1-3-4(5)8-9(2,6)7/h4,6-7H,3,5H2,1-2H3/q+1. The molecule has 0 aliphatic heterocycles. The molecule has 4 N–H and O–H groups in total. The zero-order chi connectivity index (χ0) is 7.49. The number of hydrogen-bond donors (Lipinski definition) is 3. The van der Waals surface area contributed by atoms with E-state index in [1.165, 1.54) is 6.66 Å². The van der Waals surface area contributed by atoms with Crippen LogP contribution in [0.15, 0.2) is 0 Å². The van der Waals surface area contributed by atoms with Gasteiger partial charge in [-0.25, -0.2) is 0 Å². The summed E-state index contributed by atoms with van der Waals surface area (Å²) in [5, 5.41) is 0. The molecule has 0 heterocycles. The second-order valence-electron chi connectivity index (χ2n) is 1.89. The number of hydrogen-bond acceptors (Lipinski definition) is 4. The molecule has 0 rings (SSSR count). The smallest absolute Gasteiger partial charge is 0.302 e. The Labute approximate surface area is 55.2 Å². The van der Waals surface area contributed by atoms with E-state index in [2.05, 4.69) is 4.52 Å². The maximum atomic E-state index is 8.68. The van der Waals surface area contributed by atoms with Crippen molar-refractivity contribution in [2.75, 3.05) is 6.66 Å². The Morgan fingerprint density at radius 1 is 1.67 bits per heavy atom. The quantitative estimate of drug-likeness (QED) is 0.397. The minimum absolute atomic E-state index is 0.557. The van der Waals surface area contributed by atoms with Crippen LogP contribution in [0.25, 0.3) is 0 Å². The van der Waals surface area contributed by atoms with Gasteiger partial charge in [0, 0.05) is 0 Å². The summed E-state index contributed by atoms with van der Waals surface area (Å²) in [5.74, 6) is 0. The molecule has 0 saturated heterocycles. The fourth-order valence-electron chi connectivity index (χ4n) is 0.331. The number of rotatable bonds is 3. The molecule has 4 nitrogen and oxygen atoms in total. The van der Waals surface area contributed by atoms with Crippen molar-refractivity contribution in [3.8, 4) is 0 Å². The van der Waals surface area contributed by atoms with Gasteiger partial charge in [-0.15, -0.1) is 0 Å². The van der Waals surface area contributed by atoms with Crippen LogP contribution in [0.5, 0.6) is 0 Å². The van der Waals surface area contributed by atoms with Crippen LogP contribution < -0.4 is 5.73 Å². The summed E-state index contributed by atoms with van der Waals surface area (Å²) in [4.78, 5) is 17.4. The van der Waals surface area contributed by atoms with Crippen LogP contribution in [0.1, 0.15) is 13.3 Å². The van der Waals surface area contributed by atoms with Crippen molar-refractivity contribution in [2.24, 2.45) is 5.73 Å². The van der Waals surface area contributed by atoms with Crippen LogP contribution in [0.4, 0.5) is 0 Å². The molecule has 0 aromatic heterocycles. The van der Waals surface area contributed by atoms with Gasteiger partial charge in [0.05, 0.1) is 0 Å². The summed E-state index contributed by atoms with van der Waals surface area (Å²) < 4.78 is 4.59. The zero-order valence-corrected chi connectivity index (χ0v) is 6.51. The Morgan fingerprint density at radius 2 is 2.11 bits per heavy atom. The van der Waals surface area contributed by atoms with Gasteiger partial charge in [-0.2, -0.15) is 14.3 Å². The fraction of sp³-hybridized carbons (Fsp3) is 1.00. The molecule has 0 aliphatic carbocycles. The second kappa shape index (κ2) is 3.44. The van der Waals surface area contributed by atoms with Crippen LogP contribution in [0.2, 0.25) is 0 Å². The van der Waals surface area contributed by atoms with E-state index in [-0.39, 0.29) is 0 Å². The molecule has 0 aliphatic rings. The van der Waals surface area contributed by atoms with Gasteiger partial charge in [-0.3, -0.25) is 0 Å². The summed E-state index contributed by atoms with van der Waals surface area (Å²) in [6.07, 6.45) is 0.0230. The third-order valence-corrected chi connectivity index (χ3v) is 1.41. The van der Waals surface area contributed by atoms with Gasteiger partial charge in [0.25, 0.3) is 0 Å². The number of nitrogens with two attached hydrogens (primary N) is 1. The van der Waals surface area contributed by atoms with Crippen molar-refractivity contribution in [3.05, 3.63) is 0 Å². The second-order valence-corrected chi connectivity index (χ2v) is 3.77. The van der Waals surface area contributed by atoms with E-state index in [0.29, 0.717) is 6.42 Å². The monoisotopic (exact) mass is 154 g/mol. The third-order valence-electron chi connectivity index (χ3n) is 0.737. The highest BCUT2D eigenvalue weighted by Gasteiger charge is 2.29. The fourth-order valence-corrected chi connectivity index (χ4v) is 0.993. The molecule has 0 radical (unpaired) electrons. The summed E-state index contributed by atoms with van der Waals surface area (Å²) in [7, 11) is -3.11. The molecular formula is C4H13NO3P+. The minimum Gasteiger partial charge on any atom is -0.302 e. The van der Waals surface area contributed by atoms with Crippen molar-refractivity contribution in [3.63, 3.8) is 0 Å². The molecule has 1 atom stereocenters. The summed E-state index contributed by atoms with van der Waals surface area (Å²) >= 11 is 0. The van der Waals surface area contributed by atoms with Crippen molar-refractivity contribution in [2.45, 2.75) is 19.6 Å². The van der Waals surface area contributed by atoms with Gasteiger partial charge < -0.3 is 5.73 Å². The normalized spacial score (nSPS) is 15.7. The Kier molecular flexibility index (Phi) is 3.54. The lowest BCUT2D eigenvalue weighted by molar-refractivity contribution is 0.158. The molecule has 5 heteroatoms. The van der Waals surface area contributed by atoms with Crippen molar-refractivity contribution in [1.82, 2.24) is 0 Å². The predicted molar refractivity (Wildman–Crippen MR) is 36.6 cm³/mol. The van der Waals surface area contributed by atoms with Crippen molar-refractivity contribution >= 4 is 7.94 Å². The first-order valence-corrected chi connectivity index (χ1v) is 4.77. The van der Waals surface area contributed by atoms with Gasteiger partial charge in [-0.1, -0.05) is 6.92 Å². The lowest BCUT2D eigenvalue weighted by atomic mass is 10.5.